The molecule has 25 heavy (non-hydrogen) atoms. The third kappa shape index (κ3) is 6.56. The van der Waals surface area contributed by atoms with E-state index in [2.05, 4.69) is 10.0 Å². The lowest BCUT2D eigenvalue weighted by atomic mass is 10.2. The molecule has 1 amide bonds. The molecule has 0 unspecified atom stereocenters. The summed E-state index contributed by atoms with van der Waals surface area (Å²) in [6, 6.07) is 16.0. The second-order valence-electron chi connectivity index (χ2n) is 5.55. The first-order valence-corrected chi connectivity index (χ1v) is 9.46. The Morgan fingerprint density at radius 2 is 1.68 bits per heavy atom. The van der Waals surface area contributed by atoms with E-state index < -0.39 is 16.1 Å². The molecule has 2 rings (SSSR count). The van der Waals surface area contributed by atoms with Crippen LogP contribution >= 0.6 is 0 Å². The molecule has 0 spiro atoms. The smallest absolute Gasteiger partial charge is 0.407 e. The van der Waals surface area contributed by atoms with Gasteiger partial charge in [0.2, 0.25) is 10.0 Å². The summed E-state index contributed by atoms with van der Waals surface area (Å²) in [5, 5.41) is 2.59. The molecule has 134 valence electrons. The monoisotopic (exact) mass is 362 g/mol. The van der Waals surface area contributed by atoms with E-state index in [0.717, 1.165) is 11.1 Å². The van der Waals surface area contributed by atoms with Crippen molar-refractivity contribution in [1.29, 1.82) is 0 Å². The van der Waals surface area contributed by atoms with E-state index in [1.54, 1.807) is 24.3 Å². The SMILES string of the molecule is Cc1ccc(S(=O)(=O)NCCCNC(=O)OCc2ccccc2)cc1. The van der Waals surface area contributed by atoms with Gasteiger partial charge >= 0.3 is 6.09 Å². The molecular formula is C18H22N2O4S. The van der Waals surface area contributed by atoms with Crippen molar-refractivity contribution in [3.05, 3.63) is 65.7 Å². The van der Waals surface area contributed by atoms with Crippen LogP contribution in [0.5, 0.6) is 0 Å². The summed E-state index contributed by atoms with van der Waals surface area (Å²) < 4.78 is 31.7. The highest BCUT2D eigenvalue weighted by atomic mass is 32.2. The Morgan fingerprint density at radius 1 is 1.00 bits per heavy atom. The number of carbonyl (C=O) groups is 1. The molecule has 0 aliphatic rings. The zero-order valence-electron chi connectivity index (χ0n) is 14.1. The van der Waals surface area contributed by atoms with Crippen LogP contribution in [0.2, 0.25) is 0 Å². The van der Waals surface area contributed by atoms with E-state index >= 15 is 0 Å². The molecule has 2 aromatic carbocycles. The fourth-order valence-corrected chi connectivity index (χ4v) is 3.13. The number of rotatable bonds is 8. The molecule has 0 aliphatic carbocycles. The van der Waals surface area contributed by atoms with E-state index in [1.165, 1.54) is 0 Å². The van der Waals surface area contributed by atoms with E-state index in [4.69, 9.17) is 4.74 Å². The Morgan fingerprint density at radius 3 is 2.36 bits per heavy atom. The molecule has 0 saturated carbocycles. The highest BCUT2D eigenvalue weighted by Crippen LogP contribution is 2.09. The molecule has 0 bridgehead atoms. The van der Waals surface area contributed by atoms with Crippen LogP contribution in [0.25, 0.3) is 0 Å². The fraction of sp³-hybridized carbons (Fsp3) is 0.278. The first kappa shape index (κ1) is 19.0. The number of nitrogens with one attached hydrogen (secondary N) is 2. The van der Waals surface area contributed by atoms with Crippen molar-refractivity contribution in [2.75, 3.05) is 13.1 Å². The Kier molecular flexibility index (Phi) is 6.97. The Bertz CT molecular complexity index is 774. The molecule has 0 aromatic heterocycles. The number of benzene rings is 2. The minimum atomic E-state index is -3.52. The molecule has 6 nitrogen and oxygen atoms in total. The highest BCUT2D eigenvalue weighted by molar-refractivity contribution is 7.89. The van der Waals surface area contributed by atoms with Crippen LogP contribution in [0.1, 0.15) is 17.5 Å². The van der Waals surface area contributed by atoms with E-state index in [0.29, 0.717) is 13.0 Å². The number of hydrogen-bond acceptors (Lipinski definition) is 4. The van der Waals surface area contributed by atoms with Crippen LogP contribution in [-0.4, -0.2) is 27.6 Å². The summed E-state index contributed by atoms with van der Waals surface area (Å²) in [7, 11) is -3.52. The predicted octanol–water partition coefficient (Wildman–Crippen LogP) is 2.59. The molecule has 0 aliphatic heterocycles. The van der Waals surface area contributed by atoms with Crippen molar-refractivity contribution < 1.29 is 17.9 Å². The zero-order valence-corrected chi connectivity index (χ0v) is 14.9. The first-order valence-electron chi connectivity index (χ1n) is 7.98. The van der Waals surface area contributed by atoms with E-state index in [9.17, 15) is 13.2 Å². The summed E-state index contributed by atoms with van der Waals surface area (Å²) in [6.07, 6.45) is -0.0591. The molecule has 2 aromatic rings. The van der Waals surface area contributed by atoms with Gasteiger partial charge in [0.25, 0.3) is 0 Å². The van der Waals surface area contributed by atoms with Gasteiger partial charge < -0.3 is 10.1 Å². The van der Waals surface area contributed by atoms with Gasteiger partial charge in [-0.2, -0.15) is 0 Å². The van der Waals surface area contributed by atoms with Gasteiger partial charge in [0.05, 0.1) is 4.90 Å². The fourth-order valence-electron chi connectivity index (χ4n) is 2.06. The molecule has 0 fully saturated rings. The lowest BCUT2D eigenvalue weighted by Gasteiger charge is -2.09. The van der Waals surface area contributed by atoms with E-state index in [1.807, 2.05) is 37.3 Å². The van der Waals surface area contributed by atoms with Gasteiger partial charge in [0.15, 0.2) is 0 Å². The van der Waals surface area contributed by atoms with Crippen molar-refractivity contribution in [2.24, 2.45) is 0 Å². The molecule has 0 atom stereocenters. The second-order valence-corrected chi connectivity index (χ2v) is 7.32. The van der Waals surface area contributed by atoms with Crippen molar-refractivity contribution >= 4 is 16.1 Å². The van der Waals surface area contributed by atoms with Crippen molar-refractivity contribution in [1.82, 2.24) is 10.0 Å². The van der Waals surface area contributed by atoms with Gasteiger partial charge in [-0.25, -0.2) is 17.9 Å². The van der Waals surface area contributed by atoms with Crippen LogP contribution in [0.4, 0.5) is 4.79 Å². The summed E-state index contributed by atoms with van der Waals surface area (Å²) in [5.74, 6) is 0. The molecule has 7 heteroatoms. The number of alkyl carbamates (subject to hydrolysis) is 1. The number of aryl methyl sites for hydroxylation is 1. The van der Waals surface area contributed by atoms with E-state index in [-0.39, 0.29) is 18.0 Å². The van der Waals surface area contributed by atoms with Gasteiger partial charge in [0.1, 0.15) is 6.61 Å². The molecular weight excluding hydrogens is 340 g/mol. The lowest BCUT2D eigenvalue weighted by Crippen LogP contribution is -2.30. The number of amides is 1. The molecule has 0 radical (unpaired) electrons. The van der Waals surface area contributed by atoms with Crippen LogP contribution in [-0.2, 0) is 21.4 Å². The van der Waals surface area contributed by atoms with Crippen molar-refractivity contribution in [2.45, 2.75) is 24.8 Å². The third-order valence-electron chi connectivity index (χ3n) is 3.46. The molecule has 0 saturated heterocycles. The largest absolute Gasteiger partial charge is 0.445 e. The van der Waals surface area contributed by atoms with Gasteiger partial charge in [-0.05, 0) is 31.0 Å². The van der Waals surface area contributed by atoms with Crippen LogP contribution in [0.15, 0.2) is 59.5 Å². The van der Waals surface area contributed by atoms with Gasteiger partial charge in [-0.3, -0.25) is 0 Å². The Hall–Kier alpha value is -2.38. The second kappa shape index (κ2) is 9.19. The zero-order chi connectivity index (χ0) is 18.1. The van der Waals surface area contributed by atoms with Gasteiger partial charge in [-0.1, -0.05) is 48.0 Å². The number of carbonyl (C=O) groups excluding carboxylic acids is 1. The quantitative estimate of drug-likeness (QED) is 0.707. The molecule has 2 N–H and O–H groups in total. The van der Waals surface area contributed by atoms with Crippen molar-refractivity contribution in [3.8, 4) is 0 Å². The minimum Gasteiger partial charge on any atom is -0.445 e. The normalized spacial score (nSPS) is 11.1. The van der Waals surface area contributed by atoms with Gasteiger partial charge in [0, 0.05) is 13.1 Å². The standard InChI is InChI=1S/C18H22N2O4S/c1-15-8-10-17(11-9-15)25(22,23)20-13-5-12-19-18(21)24-14-16-6-3-2-4-7-16/h2-4,6-11,20H,5,12-14H2,1H3,(H,19,21). The van der Waals surface area contributed by atoms with Crippen LogP contribution in [0, 0.1) is 6.92 Å². The average Bonchev–Trinajstić information content (AvgIpc) is 2.61. The lowest BCUT2D eigenvalue weighted by molar-refractivity contribution is 0.139. The minimum absolute atomic E-state index is 0.201. The Labute approximate surface area is 148 Å². The maximum Gasteiger partial charge on any atom is 0.407 e. The molecule has 0 heterocycles. The maximum atomic E-state index is 12.1. The highest BCUT2D eigenvalue weighted by Gasteiger charge is 2.12. The van der Waals surface area contributed by atoms with Gasteiger partial charge in [-0.15, -0.1) is 0 Å². The van der Waals surface area contributed by atoms with Crippen molar-refractivity contribution in [3.63, 3.8) is 0 Å². The van der Waals surface area contributed by atoms with Crippen LogP contribution in [0.3, 0.4) is 0 Å². The predicted molar refractivity (Wildman–Crippen MR) is 95.6 cm³/mol. The number of sulfonamides is 1. The summed E-state index contributed by atoms with van der Waals surface area (Å²) in [4.78, 5) is 11.8. The Balaban J connectivity index is 1.64. The summed E-state index contributed by atoms with van der Waals surface area (Å²) in [5.41, 5.74) is 1.90. The maximum absolute atomic E-state index is 12.1. The average molecular weight is 362 g/mol. The number of ether oxygens (including phenoxy) is 1. The van der Waals surface area contributed by atoms with Crippen LogP contribution < -0.4 is 10.0 Å². The summed E-state index contributed by atoms with van der Waals surface area (Å²) in [6.45, 7) is 2.65. The third-order valence-corrected chi connectivity index (χ3v) is 4.94. The topological polar surface area (TPSA) is 84.5 Å². The summed E-state index contributed by atoms with van der Waals surface area (Å²) >= 11 is 0. The first-order chi connectivity index (χ1) is 12.0. The number of hydrogen-bond donors (Lipinski definition) is 2.